The van der Waals surface area contributed by atoms with Crippen molar-refractivity contribution in [2.24, 2.45) is 10.8 Å². The van der Waals surface area contributed by atoms with Gasteiger partial charge in [-0.15, -0.1) is 0 Å². The molecular formula is C22H46N2O2S. The highest BCUT2D eigenvalue weighted by atomic mass is 32.2. The lowest BCUT2D eigenvalue weighted by Gasteiger charge is -2.43. The predicted molar refractivity (Wildman–Crippen MR) is 120 cm³/mol. The van der Waals surface area contributed by atoms with Crippen molar-refractivity contribution < 1.29 is 9.63 Å². The van der Waals surface area contributed by atoms with Gasteiger partial charge < -0.3 is 10.2 Å². The third-order valence-corrected chi connectivity index (χ3v) is 6.28. The number of rotatable bonds is 12. The van der Waals surface area contributed by atoms with E-state index in [2.05, 4.69) is 80.8 Å². The van der Waals surface area contributed by atoms with Crippen LogP contribution in [0.3, 0.4) is 0 Å². The standard InChI is InChI=1S/C22H46N2O2S/c1-17(2)24(26-11)21(7,8)14-20(5,6)16-23-18(25)13-19(3,4)15-22(9,10)27-12/h17H,13-16H2,1-12H3,(H,23,25). The van der Waals surface area contributed by atoms with Crippen LogP contribution < -0.4 is 5.32 Å². The minimum absolute atomic E-state index is 0.00943. The Morgan fingerprint density at radius 2 is 1.52 bits per heavy atom. The smallest absolute Gasteiger partial charge is 0.220 e. The van der Waals surface area contributed by atoms with Crippen LogP contribution in [0.25, 0.3) is 0 Å². The fourth-order valence-corrected chi connectivity index (χ4v) is 5.13. The van der Waals surface area contributed by atoms with Crippen LogP contribution in [0.5, 0.6) is 0 Å². The number of hydrogen-bond acceptors (Lipinski definition) is 4. The Labute approximate surface area is 173 Å². The number of carbonyl (C=O) groups is 1. The zero-order valence-electron chi connectivity index (χ0n) is 20.1. The molecule has 0 aliphatic heterocycles. The van der Waals surface area contributed by atoms with Gasteiger partial charge >= 0.3 is 0 Å². The van der Waals surface area contributed by atoms with Crippen molar-refractivity contribution in [3.05, 3.63) is 0 Å². The van der Waals surface area contributed by atoms with Gasteiger partial charge in [0.1, 0.15) is 0 Å². The van der Waals surface area contributed by atoms with Crippen molar-refractivity contribution in [1.29, 1.82) is 0 Å². The summed E-state index contributed by atoms with van der Waals surface area (Å²) in [6, 6.07) is 0.302. The first-order valence-electron chi connectivity index (χ1n) is 10.1. The number of thioether (sulfide) groups is 1. The van der Waals surface area contributed by atoms with Crippen LogP contribution in [0.4, 0.5) is 0 Å². The largest absolute Gasteiger partial charge is 0.356 e. The molecule has 0 aromatic carbocycles. The first-order chi connectivity index (χ1) is 12.0. The third-order valence-electron chi connectivity index (χ3n) is 5.03. The van der Waals surface area contributed by atoms with Crippen LogP contribution in [-0.2, 0) is 9.63 Å². The van der Waals surface area contributed by atoms with Crippen molar-refractivity contribution >= 4 is 17.7 Å². The molecule has 0 heterocycles. The average molecular weight is 403 g/mol. The van der Waals surface area contributed by atoms with Crippen LogP contribution in [0.2, 0.25) is 0 Å². The molecule has 0 spiro atoms. The van der Waals surface area contributed by atoms with E-state index in [0.717, 1.165) is 12.8 Å². The molecule has 0 aliphatic rings. The molecule has 0 fully saturated rings. The second-order valence-electron chi connectivity index (χ2n) is 11.0. The van der Waals surface area contributed by atoms with E-state index in [-0.39, 0.29) is 27.0 Å². The first-order valence-corrected chi connectivity index (χ1v) is 11.3. The van der Waals surface area contributed by atoms with Crippen molar-refractivity contribution in [2.45, 2.75) is 105 Å². The zero-order chi connectivity index (χ0) is 21.7. The highest BCUT2D eigenvalue weighted by Crippen LogP contribution is 2.38. The van der Waals surface area contributed by atoms with Gasteiger partial charge in [-0.25, -0.2) is 0 Å². The molecular weight excluding hydrogens is 356 g/mol. The van der Waals surface area contributed by atoms with Gasteiger partial charge in [0, 0.05) is 29.3 Å². The van der Waals surface area contributed by atoms with Gasteiger partial charge in [0.2, 0.25) is 5.91 Å². The fourth-order valence-electron chi connectivity index (χ4n) is 4.59. The maximum atomic E-state index is 12.6. The number of carbonyl (C=O) groups excluding carboxylic acids is 1. The maximum absolute atomic E-state index is 12.6. The highest BCUT2D eigenvalue weighted by Gasteiger charge is 2.36. The summed E-state index contributed by atoms with van der Waals surface area (Å²) in [4.78, 5) is 18.2. The Hall–Kier alpha value is -0.260. The van der Waals surface area contributed by atoms with Gasteiger partial charge in [-0.1, -0.05) is 41.5 Å². The molecule has 0 saturated heterocycles. The molecule has 0 rings (SSSR count). The first kappa shape index (κ1) is 26.7. The summed E-state index contributed by atoms with van der Waals surface area (Å²) >= 11 is 1.86. The average Bonchev–Trinajstić information content (AvgIpc) is 2.42. The SMILES string of the molecule is CON(C(C)C)C(C)(C)CC(C)(C)CNC(=O)CC(C)(C)CC(C)(C)SC. The van der Waals surface area contributed by atoms with E-state index >= 15 is 0 Å². The Balaban J connectivity index is 4.78. The van der Waals surface area contributed by atoms with Gasteiger partial charge in [-0.05, 0) is 57.6 Å². The molecule has 162 valence electrons. The second kappa shape index (κ2) is 9.98. The molecule has 0 aromatic heterocycles. The van der Waals surface area contributed by atoms with Crippen molar-refractivity contribution in [3.63, 3.8) is 0 Å². The molecule has 5 heteroatoms. The molecule has 1 amide bonds. The molecule has 27 heavy (non-hydrogen) atoms. The summed E-state index contributed by atoms with van der Waals surface area (Å²) in [6.45, 7) is 22.7. The van der Waals surface area contributed by atoms with Crippen molar-refractivity contribution in [3.8, 4) is 0 Å². The summed E-state index contributed by atoms with van der Waals surface area (Å²) in [5.41, 5.74) is -0.142. The summed E-state index contributed by atoms with van der Waals surface area (Å²) in [5.74, 6) is 0.148. The topological polar surface area (TPSA) is 41.6 Å². The Kier molecular flexibility index (Phi) is 9.88. The van der Waals surface area contributed by atoms with E-state index in [1.54, 1.807) is 7.11 Å². The van der Waals surface area contributed by atoms with Crippen molar-refractivity contribution in [1.82, 2.24) is 10.4 Å². The number of hydroxylamine groups is 2. The molecule has 4 nitrogen and oxygen atoms in total. The molecule has 0 aliphatic carbocycles. The molecule has 0 aromatic rings. The van der Waals surface area contributed by atoms with Gasteiger partial charge in [-0.3, -0.25) is 4.79 Å². The van der Waals surface area contributed by atoms with Gasteiger partial charge in [0.05, 0.1) is 7.11 Å². The maximum Gasteiger partial charge on any atom is 0.220 e. The lowest BCUT2D eigenvalue weighted by Crippen LogP contribution is -2.51. The van der Waals surface area contributed by atoms with Crippen LogP contribution in [-0.4, -0.2) is 47.2 Å². The predicted octanol–water partition coefficient (Wildman–Crippen LogP) is 5.52. The van der Waals surface area contributed by atoms with Crippen LogP contribution in [0, 0.1) is 10.8 Å². The Morgan fingerprint density at radius 1 is 1.00 bits per heavy atom. The number of hydrogen-bond donors (Lipinski definition) is 1. The summed E-state index contributed by atoms with van der Waals surface area (Å²) in [5, 5.41) is 5.23. The monoisotopic (exact) mass is 402 g/mol. The van der Waals surface area contributed by atoms with Crippen LogP contribution in [0.15, 0.2) is 0 Å². The van der Waals surface area contributed by atoms with E-state index in [1.165, 1.54) is 0 Å². The summed E-state index contributed by atoms with van der Waals surface area (Å²) < 4.78 is 0.188. The highest BCUT2D eigenvalue weighted by molar-refractivity contribution is 7.99. The van der Waals surface area contributed by atoms with Gasteiger partial charge in [-0.2, -0.15) is 16.8 Å². The van der Waals surface area contributed by atoms with E-state index in [0.29, 0.717) is 19.0 Å². The minimum Gasteiger partial charge on any atom is -0.356 e. The van der Waals surface area contributed by atoms with E-state index in [4.69, 9.17) is 4.84 Å². The fraction of sp³-hybridized carbons (Fsp3) is 0.955. The molecule has 0 bridgehead atoms. The van der Waals surface area contributed by atoms with Gasteiger partial charge in [0.25, 0.3) is 0 Å². The zero-order valence-corrected chi connectivity index (χ0v) is 20.9. The van der Waals surface area contributed by atoms with E-state index in [1.807, 2.05) is 16.8 Å². The van der Waals surface area contributed by atoms with E-state index in [9.17, 15) is 4.79 Å². The molecule has 0 radical (unpaired) electrons. The minimum atomic E-state index is -0.112. The quantitative estimate of drug-likeness (QED) is 0.437. The number of nitrogens with one attached hydrogen (secondary N) is 1. The Morgan fingerprint density at radius 3 is 1.93 bits per heavy atom. The molecule has 0 unspecified atom stereocenters. The second-order valence-corrected chi connectivity index (χ2v) is 12.5. The summed E-state index contributed by atoms with van der Waals surface area (Å²) in [6.07, 6.45) is 4.64. The Bertz CT molecular complexity index is 471. The van der Waals surface area contributed by atoms with Crippen LogP contribution >= 0.6 is 11.8 Å². The van der Waals surface area contributed by atoms with Gasteiger partial charge in [0.15, 0.2) is 0 Å². The number of amides is 1. The summed E-state index contributed by atoms with van der Waals surface area (Å²) in [7, 11) is 1.73. The molecule has 0 atom stereocenters. The van der Waals surface area contributed by atoms with E-state index < -0.39 is 0 Å². The molecule has 1 N–H and O–H groups in total. The van der Waals surface area contributed by atoms with Crippen molar-refractivity contribution in [2.75, 3.05) is 19.9 Å². The number of nitrogens with zero attached hydrogens (tertiary/aromatic N) is 1. The van der Waals surface area contributed by atoms with Crippen LogP contribution in [0.1, 0.15) is 88.5 Å². The lowest BCUT2D eigenvalue weighted by molar-refractivity contribution is -0.220. The lowest BCUT2D eigenvalue weighted by atomic mass is 9.78. The molecule has 0 saturated carbocycles. The third kappa shape index (κ3) is 10.2. The normalized spacial score (nSPS) is 14.1.